The topological polar surface area (TPSA) is 64.2 Å². The number of carbonyl (C=O) groups excluding carboxylic acids is 1. The Bertz CT molecular complexity index is 1380. The number of anilines is 1. The van der Waals surface area contributed by atoms with Gasteiger partial charge in [0.2, 0.25) is 0 Å². The molecule has 1 amide bonds. The van der Waals surface area contributed by atoms with Crippen molar-refractivity contribution in [3.8, 4) is 0 Å². The van der Waals surface area contributed by atoms with Crippen molar-refractivity contribution in [3.63, 3.8) is 0 Å². The second kappa shape index (κ2) is 7.33. The SMILES string of the molecule is C=Cc1ccc2ncc(C(=O)Nc3cccc4c3cnn4Cc3ccccc3)n2c1. The van der Waals surface area contributed by atoms with Gasteiger partial charge in [0, 0.05) is 11.6 Å². The van der Waals surface area contributed by atoms with E-state index < -0.39 is 0 Å². The smallest absolute Gasteiger partial charge is 0.274 e. The molecule has 0 unspecified atom stereocenters. The van der Waals surface area contributed by atoms with Crippen LogP contribution in [0.15, 0.2) is 85.8 Å². The monoisotopic (exact) mass is 393 g/mol. The maximum atomic E-state index is 13.0. The zero-order valence-corrected chi connectivity index (χ0v) is 16.2. The fraction of sp³-hybridized carbons (Fsp3) is 0.0417. The molecule has 2 aromatic carbocycles. The molecule has 6 heteroatoms. The number of nitrogens with zero attached hydrogens (tertiary/aromatic N) is 4. The van der Waals surface area contributed by atoms with Gasteiger partial charge in [-0.2, -0.15) is 5.10 Å². The third-order valence-corrected chi connectivity index (χ3v) is 5.11. The Morgan fingerprint density at radius 1 is 1.03 bits per heavy atom. The minimum Gasteiger partial charge on any atom is -0.320 e. The quantitative estimate of drug-likeness (QED) is 0.474. The number of nitrogens with one attached hydrogen (secondary N) is 1. The Balaban J connectivity index is 1.47. The molecular formula is C24H19N5O. The lowest BCUT2D eigenvalue weighted by molar-refractivity contribution is 0.102. The summed E-state index contributed by atoms with van der Waals surface area (Å²) in [5.74, 6) is -0.230. The molecule has 0 saturated heterocycles. The van der Waals surface area contributed by atoms with Gasteiger partial charge in [-0.1, -0.05) is 49.1 Å². The number of aromatic nitrogens is 4. The molecule has 0 radical (unpaired) electrons. The van der Waals surface area contributed by atoms with Gasteiger partial charge in [0.05, 0.1) is 30.1 Å². The molecule has 0 spiro atoms. The first-order chi connectivity index (χ1) is 14.7. The highest BCUT2D eigenvalue weighted by Gasteiger charge is 2.15. The second-order valence-corrected chi connectivity index (χ2v) is 7.02. The maximum absolute atomic E-state index is 13.0. The highest BCUT2D eigenvalue weighted by Crippen LogP contribution is 2.24. The zero-order valence-electron chi connectivity index (χ0n) is 16.2. The minimum absolute atomic E-state index is 0.230. The van der Waals surface area contributed by atoms with Crippen molar-refractivity contribution in [2.75, 3.05) is 5.32 Å². The van der Waals surface area contributed by atoms with Crippen molar-refractivity contribution in [3.05, 3.63) is 103 Å². The first-order valence-corrected chi connectivity index (χ1v) is 9.62. The number of hydrogen-bond acceptors (Lipinski definition) is 3. The Morgan fingerprint density at radius 3 is 2.73 bits per heavy atom. The van der Waals surface area contributed by atoms with E-state index in [9.17, 15) is 4.79 Å². The normalized spacial score (nSPS) is 11.1. The second-order valence-electron chi connectivity index (χ2n) is 7.02. The van der Waals surface area contributed by atoms with Crippen LogP contribution in [0, 0.1) is 0 Å². The molecule has 0 aliphatic carbocycles. The van der Waals surface area contributed by atoms with Crippen molar-refractivity contribution in [1.29, 1.82) is 0 Å². The minimum atomic E-state index is -0.230. The first kappa shape index (κ1) is 17.9. The summed E-state index contributed by atoms with van der Waals surface area (Å²) in [4.78, 5) is 17.3. The number of benzene rings is 2. The number of carbonyl (C=O) groups is 1. The van der Waals surface area contributed by atoms with Crippen LogP contribution in [-0.2, 0) is 6.54 Å². The van der Waals surface area contributed by atoms with E-state index in [1.165, 1.54) is 5.56 Å². The van der Waals surface area contributed by atoms with Gasteiger partial charge in [0.15, 0.2) is 0 Å². The molecule has 3 heterocycles. The van der Waals surface area contributed by atoms with Crippen LogP contribution in [-0.4, -0.2) is 25.1 Å². The summed E-state index contributed by atoms with van der Waals surface area (Å²) in [6, 6.07) is 19.8. The largest absolute Gasteiger partial charge is 0.320 e. The summed E-state index contributed by atoms with van der Waals surface area (Å²) in [5, 5.41) is 8.44. The van der Waals surface area contributed by atoms with Crippen molar-refractivity contribution >= 4 is 34.2 Å². The van der Waals surface area contributed by atoms with Gasteiger partial charge >= 0.3 is 0 Å². The van der Waals surface area contributed by atoms with Crippen molar-refractivity contribution < 1.29 is 4.79 Å². The molecule has 0 atom stereocenters. The Morgan fingerprint density at radius 2 is 1.90 bits per heavy atom. The number of rotatable bonds is 5. The summed E-state index contributed by atoms with van der Waals surface area (Å²) in [5.41, 5.74) is 4.93. The predicted molar refractivity (Wildman–Crippen MR) is 119 cm³/mol. The Hall–Kier alpha value is -4.19. The summed E-state index contributed by atoms with van der Waals surface area (Å²) in [7, 11) is 0. The van der Waals surface area contributed by atoms with E-state index >= 15 is 0 Å². The van der Waals surface area contributed by atoms with E-state index in [-0.39, 0.29) is 5.91 Å². The third kappa shape index (κ3) is 3.14. The Labute approximate surface area is 173 Å². The van der Waals surface area contributed by atoms with E-state index in [2.05, 4.69) is 34.1 Å². The fourth-order valence-corrected chi connectivity index (χ4v) is 3.57. The molecule has 0 fully saturated rings. The van der Waals surface area contributed by atoms with Crippen LogP contribution in [0.5, 0.6) is 0 Å². The molecule has 0 bridgehead atoms. The average Bonchev–Trinajstić information content (AvgIpc) is 3.39. The van der Waals surface area contributed by atoms with E-state index in [0.29, 0.717) is 23.6 Å². The van der Waals surface area contributed by atoms with Gasteiger partial charge < -0.3 is 5.32 Å². The molecule has 5 aromatic rings. The van der Waals surface area contributed by atoms with Crippen molar-refractivity contribution in [1.82, 2.24) is 19.2 Å². The molecular weight excluding hydrogens is 374 g/mol. The van der Waals surface area contributed by atoms with Crippen LogP contribution < -0.4 is 5.32 Å². The summed E-state index contributed by atoms with van der Waals surface area (Å²) in [6.07, 6.45) is 6.96. The van der Waals surface area contributed by atoms with E-state index in [0.717, 1.165) is 16.5 Å². The van der Waals surface area contributed by atoms with Gasteiger partial charge in [0.1, 0.15) is 11.3 Å². The summed E-state index contributed by atoms with van der Waals surface area (Å²) < 4.78 is 3.70. The van der Waals surface area contributed by atoms with E-state index in [1.807, 2.05) is 59.4 Å². The van der Waals surface area contributed by atoms with Crippen molar-refractivity contribution in [2.45, 2.75) is 6.54 Å². The molecule has 0 saturated carbocycles. The van der Waals surface area contributed by atoms with Crippen LogP contribution >= 0.6 is 0 Å². The zero-order chi connectivity index (χ0) is 20.5. The van der Waals surface area contributed by atoms with E-state index in [4.69, 9.17) is 0 Å². The number of amides is 1. The number of hydrogen-bond donors (Lipinski definition) is 1. The highest BCUT2D eigenvalue weighted by molar-refractivity contribution is 6.08. The van der Waals surface area contributed by atoms with Gasteiger partial charge in [-0.3, -0.25) is 13.9 Å². The number of fused-ring (bicyclic) bond motifs is 2. The van der Waals surface area contributed by atoms with Crippen molar-refractivity contribution in [2.24, 2.45) is 0 Å². The average molecular weight is 393 g/mol. The molecule has 6 nitrogen and oxygen atoms in total. The fourth-order valence-electron chi connectivity index (χ4n) is 3.57. The molecule has 0 aliphatic rings. The molecule has 3 aromatic heterocycles. The lowest BCUT2D eigenvalue weighted by Crippen LogP contribution is -2.14. The van der Waals surface area contributed by atoms with E-state index in [1.54, 1.807) is 22.9 Å². The van der Waals surface area contributed by atoms with Crippen LogP contribution in [0.3, 0.4) is 0 Å². The van der Waals surface area contributed by atoms with Crippen LogP contribution in [0.2, 0.25) is 0 Å². The van der Waals surface area contributed by atoms with Crippen LogP contribution in [0.25, 0.3) is 22.6 Å². The summed E-state index contributed by atoms with van der Waals surface area (Å²) >= 11 is 0. The molecule has 30 heavy (non-hydrogen) atoms. The van der Waals surface area contributed by atoms with Gasteiger partial charge in [-0.05, 0) is 35.4 Å². The van der Waals surface area contributed by atoms with Crippen LogP contribution in [0.1, 0.15) is 21.6 Å². The Kier molecular flexibility index (Phi) is 4.37. The van der Waals surface area contributed by atoms with Crippen LogP contribution in [0.4, 0.5) is 5.69 Å². The molecule has 1 N–H and O–H groups in total. The lowest BCUT2D eigenvalue weighted by atomic mass is 10.2. The first-order valence-electron chi connectivity index (χ1n) is 9.62. The molecule has 5 rings (SSSR count). The van der Waals surface area contributed by atoms with Gasteiger partial charge in [0.25, 0.3) is 5.91 Å². The maximum Gasteiger partial charge on any atom is 0.274 e. The molecule has 0 aliphatic heterocycles. The predicted octanol–water partition coefficient (Wildman–Crippen LogP) is 4.63. The highest BCUT2D eigenvalue weighted by atomic mass is 16.1. The standard InChI is InChI=1S/C24H19N5O/c1-2-17-11-12-23-25-14-22(28(23)15-17)24(30)27-20-9-6-10-21-19(20)13-26-29(21)16-18-7-4-3-5-8-18/h2-15H,1,16H2,(H,27,30). The summed E-state index contributed by atoms with van der Waals surface area (Å²) in [6.45, 7) is 4.45. The van der Waals surface area contributed by atoms with Gasteiger partial charge in [-0.25, -0.2) is 4.98 Å². The van der Waals surface area contributed by atoms with Gasteiger partial charge in [-0.15, -0.1) is 0 Å². The number of pyridine rings is 1. The molecule has 146 valence electrons. The third-order valence-electron chi connectivity index (χ3n) is 5.11. The number of imidazole rings is 1. The lowest BCUT2D eigenvalue weighted by Gasteiger charge is -2.08.